The fourth-order valence-corrected chi connectivity index (χ4v) is 1.81. The second kappa shape index (κ2) is 9.56. The first-order valence-electron chi connectivity index (χ1n) is 6.94. The topological polar surface area (TPSA) is 35.5 Å². The Bertz CT molecular complexity index is 374. The first kappa shape index (κ1) is 15.7. The molecule has 0 saturated heterocycles. The monoisotopic (exact) mass is 263 g/mol. The molecule has 0 aliphatic rings. The number of rotatable bonds is 9. The van der Waals surface area contributed by atoms with Crippen LogP contribution in [0.1, 0.15) is 54.4 Å². The first-order chi connectivity index (χ1) is 9.25. The molecule has 0 saturated carbocycles. The smallest absolute Gasteiger partial charge is 0.293 e. The average molecular weight is 263 g/mol. The van der Waals surface area contributed by atoms with Gasteiger partial charge in [0.2, 0.25) is 0 Å². The SMILES string of the molecule is [CH2]CCCCCCCOOC(=O)c1ccccc1C. The molecule has 0 atom stereocenters. The number of hydrogen-bond acceptors (Lipinski definition) is 3. The summed E-state index contributed by atoms with van der Waals surface area (Å²) < 4.78 is 0. The van der Waals surface area contributed by atoms with Gasteiger partial charge in [-0.3, -0.25) is 4.89 Å². The van der Waals surface area contributed by atoms with Crippen LogP contribution in [0.25, 0.3) is 0 Å². The summed E-state index contributed by atoms with van der Waals surface area (Å²) in [6, 6.07) is 7.31. The van der Waals surface area contributed by atoms with E-state index < -0.39 is 5.97 Å². The van der Waals surface area contributed by atoms with Gasteiger partial charge >= 0.3 is 5.97 Å². The molecule has 0 N–H and O–H groups in total. The summed E-state index contributed by atoms with van der Waals surface area (Å²) in [5.74, 6) is -0.421. The van der Waals surface area contributed by atoms with Gasteiger partial charge in [-0.05, 0) is 25.0 Å². The Morgan fingerprint density at radius 1 is 1.11 bits per heavy atom. The number of benzene rings is 1. The van der Waals surface area contributed by atoms with Crippen molar-refractivity contribution in [1.29, 1.82) is 0 Å². The van der Waals surface area contributed by atoms with E-state index >= 15 is 0 Å². The number of unbranched alkanes of at least 4 members (excludes halogenated alkanes) is 5. The molecule has 1 aromatic carbocycles. The molecular formula is C16H23O3. The highest BCUT2D eigenvalue weighted by Crippen LogP contribution is 2.09. The van der Waals surface area contributed by atoms with Crippen LogP contribution in [-0.4, -0.2) is 12.6 Å². The molecule has 0 aromatic heterocycles. The average Bonchev–Trinajstić information content (AvgIpc) is 2.42. The molecule has 1 radical (unpaired) electrons. The van der Waals surface area contributed by atoms with E-state index in [1.807, 2.05) is 25.1 Å². The van der Waals surface area contributed by atoms with E-state index in [-0.39, 0.29) is 0 Å². The molecule has 0 aliphatic carbocycles. The minimum absolute atomic E-state index is 0.421. The van der Waals surface area contributed by atoms with Crippen molar-refractivity contribution >= 4 is 5.97 Å². The second-order valence-corrected chi connectivity index (χ2v) is 4.63. The molecular weight excluding hydrogens is 240 g/mol. The Hall–Kier alpha value is -1.35. The Balaban J connectivity index is 2.10. The van der Waals surface area contributed by atoms with E-state index in [0.717, 1.165) is 24.8 Å². The summed E-state index contributed by atoms with van der Waals surface area (Å²) in [7, 11) is 0. The molecule has 1 rings (SSSR count). The van der Waals surface area contributed by atoms with Crippen LogP contribution < -0.4 is 0 Å². The van der Waals surface area contributed by atoms with Gasteiger partial charge < -0.3 is 0 Å². The Morgan fingerprint density at radius 3 is 2.53 bits per heavy atom. The van der Waals surface area contributed by atoms with Crippen molar-refractivity contribution < 1.29 is 14.6 Å². The van der Waals surface area contributed by atoms with Gasteiger partial charge in [-0.15, -0.1) is 0 Å². The Morgan fingerprint density at radius 2 is 1.79 bits per heavy atom. The molecule has 1 aromatic rings. The molecule has 0 bridgehead atoms. The normalized spacial score (nSPS) is 10.4. The van der Waals surface area contributed by atoms with Gasteiger partial charge in [0.05, 0.1) is 12.2 Å². The molecule has 3 heteroatoms. The Labute approximate surface area is 115 Å². The highest BCUT2D eigenvalue weighted by atomic mass is 17.2. The van der Waals surface area contributed by atoms with Gasteiger partial charge in [-0.2, -0.15) is 4.89 Å². The van der Waals surface area contributed by atoms with Crippen LogP contribution in [0, 0.1) is 13.8 Å². The summed E-state index contributed by atoms with van der Waals surface area (Å²) in [6.45, 7) is 6.14. The lowest BCUT2D eigenvalue weighted by atomic mass is 10.1. The third-order valence-electron chi connectivity index (χ3n) is 2.98. The molecule has 0 aliphatic heterocycles. The minimum atomic E-state index is -0.421. The third-order valence-corrected chi connectivity index (χ3v) is 2.98. The highest BCUT2D eigenvalue weighted by molar-refractivity contribution is 5.90. The van der Waals surface area contributed by atoms with Gasteiger partial charge in [0.25, 0.3) is 0 Å². The van der Waals surface area contributed by atoms with Crippen LogP contribution >= 0.6 is 0 Å². The molecule has 0 fully saturated rings. The summed E-state index contributed by atoms with van der Waals surface area (Å²) in [5.41, 5.74) is 1.45. The number of hydrogen-bond donors (Lipinski definition) is 0. The van der Waals surface area contributed by atoms with E-state index in [0.29, 0.717) is 12.2 Å². The van der Waals surface area contributed by atoms with Crippen molar-refractivity contribution in [3.8, 4) is 0 Å². The zero-order valence-electron chi connectivity index (χ0n) is 11.7. The third kappa shape index (κ3) is 6.39. The van der Waals surface area contributed by atoms with Gasteiger partial charge in [-0.25, -0.2) is 4.79 Å². The standard InChI is InChI=1S/C16H23O3/c1-3-4-5-6-7-10-13-18-19-16(17)15-12-9-8-11-14(15)2/h8-9,11-12H,1,3-7,10,13H2,2H3. The highest BCUT2D eigenvalue weighted by Gasteiger charge is 2.10. The fraction of sp³-hybridized carbons (Fsp3) is 0.500. The predicted octanol–water partition coefficient (Wildman–Crippen LogP) is 4.26. The summed E-state index contributed by atoms with van der Waals surface area (Å²) in [5, 5.41) is 0. The Kier molecular flexibility index (Phi) is 7.91. The van der Waals surface area contributed by atoms with E-state index in [2.05, 4.69) is 6.92 Å². The van der Waals surface area contributed by atoms with Gasteiger partial charge in [0, 0.05) is 0 Å². The van der Waals surface area contributed by atoms with Crippen molar-refractivity contribution in [3.63, 3.8) is 0 Å². The molecule has 0 unspecified atom stereocenters. The fourth-order valence-electron chi connectivity index (χ4n) is 1.81. The second-order valence-electron chi connectivity index (χ2n) is 4.63. The van der Waals surface area contributed by atoms with Crippen molar-refractivity contribution in [3.05, 3.63) is 42.3 Å². The van der Waals surface area contributed by atoms with Crippen molar-refractivity contribution in [2.24, 2.45) is 0 Å². The van der Waals surface area contributed by atoms with Crippen LogP contribution in [-0.2, 0) is 9.78 Å². The molecule has 3 nitrogen and oxygen atoms in total. The van der Waals surface area contributed by atoms with Crippen LogP contribution in [0.3, 0.4) is 0 Å². The van der Waals surface area contributed by atoms with Crippen LogP contribution in [0.4, 0.5) is 0 Å². The van der Waals surface area contributed by atoms with Gasteiger partial charge in [0.1, 0.15) is 0 Å². The maximum absolute atomic E-state index is 11.7. The number of aryl methyl sites for hydroxylation is 1. The van der Waals surface area contributed by atoms with Crippen molar-refractivity contribution in [2.75, 3.05) is 6.61 Å². The summed E-state index contributed by atoms with van der Waals surface area (Å²) in [6.07, 6.45) is 6.60. The lowest BCUT2D eigenvalue weighted by Crippen LogP contribution is -2.08. The van der Waals surface area contributed by atoms with Crippen molar-refractivity contribution in [2.45, 2.75) is 45.4 Å². The van der Waals surface area contributed by atoms with E-state index in [1.165, 1.54) is 19.3 Å². The molecule has 0 amide bonds. The quantitative estimate of drug-likeness (QED) is 0.379. The lowest BCUT2D eigenvalue weighted by molar-refractivity contribution is -0.241. The molecule has 0 heterocycles. The zero-order valence-corrected chi connectivity index (χ0v) is 11.7. The van der Waals surface area contributed by atoms with Crippen molar-refractivity contribution in [1.82, 2.24) is 0 Å². The van der Waals surface area contributed by atoms with Gasteiger partial charge in [-0.1, -0.05) is 57.2 Å². The maximum Gasteiger partial charge on any atom is 0.373 e. The largest absolute Gasteiger partial charge is 0.373 e. The lowest BCUT2D eigenvalue weighted by Gasteiger charge is -2.05. The van der Waals surface area contributed by atoms with E-state index in [4.69, 9.17) is 9.78 Å². The number of carbonyl (C=O) groups is 1. The van der Waals surface area contributed by atoms with Crippen LogP contribution in [0.15, 0.2) is 24.3 Å². The first-order valence-corrected chi connectivity index (χ1v) is 6.94. The molecule has 0 spiro atoms. The van der Waals surface area contributed by atoms with Gasteiger partial charge in [0.15, 0.2) is 0 Å². The predicted molar refractivity (Wildman–Crippen MR) is 75.6 cm³/mol. The van der Waals surface area contributed by atoms with E-state index in [1.54, 1.807) is 6.07 Å². The molecule has 105 valence electrons. The molecule has 19 heavy (non-hydrogen) atoms. The number of carbonyl (C=O) groups excluding carboxylic acids is 1. The van der Waals surface area contributed by atoms with Crippen LogP contribution in [0.5, 0.6) is 0 Å². The van der Waals surface area contributed by atoms with Crippen LogP contribution in [0.2, 0.25) is 0 Å². The van der Waals surface area contributed by atoms with E-state index in [9.17, 15) is 4.79 Å². The summed E-state index contributed by atoms with van der Waals surface area (Å²) >= 11 is 0. The summed E-state index contributed by atoms with van der Waals surface area (Å²) in [4.78, 5) is 21.4. The minimum Gasteiger partial charge on any atom is -0.293 e. The zero-order chi connectivity index (χ0) is 13.9. The maximum atomic E-state index is 11.7.